The van der Waals surface area contributed by atoms with Gasteiger partial charge in [-0.3, -0.25) is 9.97 Å². The summed E-state index contributed by atoms with van der Waals surface area (Å²) in [6.45, 7) is 8.03. The summed E-state index contributed by atoms with van der Waals surface area (Å²) in [6, 6.07) is 13.7. The third kappa shape index (κ3) is 4.75. The number of ether oxygens (including phenoxy) is 3. The molecule has 0 amide bonds. The van der Waals surface area contributed by atoms with Crippen molar-refractivity contribution in [3.63, 3.8) is 0 Å². The molecule has 6 rings (SSSR count). The third-order valence-electron chi connectivity index (χ3n) is 7.47. The number of hydrogen-bond donors (Lipinski definition) is 2. The number of aromatic amines is 1. The van der Waals surface area contributed by atoms with Crippen LogP contribution < -0.4 is 15.2 Å². The smallest absolute Gasteiger partial charge is 0.347 e. The largest absolute Gasteiger partial charge is 0.493 e. The second kappa shape index (κ2) is 10.3. The first-order chi connectivity index (χ1) is 20.1. The van der Waals surface area contributed by atoms with Crippen molar-refractivity contribution in [3.8, 4) is 33.9 Å². The number of methoxy groups -OCH3 is 1. The summed E-state index contributed by atoms with van der Waals surface area (Å²) in [5, 5.41) is 13.1. The number of rotatable bonds is 6. The number of carbonyl (C=O) groups is 1. The van der Waals surface area contributed by atoms with E-state index in [1.54, 1.807) is 6.20 Å². The first kappa shape index (κ1) is 27.4. The highest BCUT2D eigenvalue weighted by molar-refractivity contribution is 6.09. The molecule has 0 aliphatic carbocycles. The van der Waals surface area contributed by atoms with E-state index in [1.165, 1.54) is 13.3 Å². The van der Waals surface area contributed by atoms with Crippen molar-refractivity contribution in [2.45, 2.75) is 45.8 Å². The van der Waals surface area contributed by atoms with Gasteiger partial charge in [0.05, 0.1) is 30.4 Å². The Hall–Kier alpha value is -4.76. The van der Waals surface area contributed by atoms with Crippen LogP contribution in [0.15, 0.2) is 59.7 Å². The number of aliphatic carboxylic acids is 1. The molecule has 1 aliphatic rings. The van der Waals surface area contributed by atoms with Gasteiger partial charge in [-0.25, -0.2) is 14.6 Å². The number of fused-ring (bicyclic) bond motifs is 1. The molecular formula is C33H31N3O6. The highest BCUT2D eigenvalue weighted by Gasteiger charge is 2.32. The number of carboxylic acids is 1. The molecule has 0 spiro atoms. The van der Waals surface area contributed by atoms with Crippen LogP contribution in [0.1, 0.15) is 43.6 Å². The average molecular weight is 566 g/mol. The quantitative estimate of drug-likeness (QED) is 0.257. The van der Waals surface area contributed by atoms with Crippen LogP contribution in [0, 0.1) is 6.92 Å². The van der Waals surface area contributed by atoms with E-state index in [9.17, 15) is 14.7 Å². The molecule has 0 saturated heterocycles. The maximum absolute atomic E-state index is 12.8. The zero-order valence-electron chi connectivity index (χ0n) is 24.1. The number of hydrogen-bond acceptors (Lipinski definition) is 7. The maximum atomic E-state index is 12.8. The molecule has 9 nitrogen and oxygen atoms in total. The molecule has 0 fully saturated rings. The minimum Gasteiger partial charge on any atom is -0.493 e. The van der Waals surface area contributed by atoms with Crippen LogP contribution in [-0.2, 0) is 16.0 Å². The summed E-state index contributed by atoms with van der Waals surface area (Å²) in [7, 11) is 1.49. The van der Waals surface area contributed by atoms with Crippen LogP contribution in [0.25, 0.3) is 43.9 Å². The number of aryl methyl sites for hydroxylation is 1. The highest BCUT2D eigenvalue weighted by atomic mass is 16.5. The van der Waals surface area contributed by atoms with Gasteiger partial charge in [0, 0.05) is 35.3 Å². The van der Waals surface area contributed by atoms with E-state index >= 15 is 0 Å². The van der Waals surface area contributed by atoms with E-state index in [0.29, 0.717) is 23.6 Å². The van der Waals surface area contributed by atoms with Crippen LogP contribution in [0.4, 0.5) is 0 Å². The normalized spacial score (nSPS) is 13.6. The van der Waals surface area contributed by atoms with Crippen LogP contribution in [0.3, 0.4) is 0 Å². The first-order valence-electron chi connectivity index (χ1n) is 13.7. The minimum absolute atomic E-state index is 0.306. The number of pyridine rings is 1. The monoisotopic (exact) mass is 565 g/mol. The lowest BCUT2D eigenvalue weighted by Crippen LogP contribution is -2.28. The van der Waals surface area contributed by atoms with Crippen molar-refractivity contribution < 1.29 is 24.1 Å². The van der Waals surface area contributed by atoms with Crippen LogP contribution in [0.2, 0.25) is 0 Å². The summed E-state index contributed by atoms with van der Waals surface area (Å²) in [6.07, 6.45) is 2.81. The van der Waals surface area contributed by atoms with Gasteiger partial charge in [-0.15, -0.1) is 0 Å². The molecule has 3 heterocycles. The summed E-state index contributed by atoms with van der Waals surface area (Å²) >= 11 is 0. The van der Waals surface area contributed by atoms with Crippen molar-refractivity contribution in [1.29, 1.82) is 0 Å². The zero-order chi connectivity index (χ0) is 29.8. The van der Waals surface area contributed by atoms with Gasteiger partial charge in [-0.1, -0.05) is 18.2 Å². The lowest BCUT2D eigenvalue weighted by atomic mass is 9.85. The Kier molecular flexibility index (Phi) is 6.69. The zero-order valence-corrected chi connectivity index (χ0v) is 24.1. The van der Waals surface area contributed by atoms with Crippen molar-refractivity contribution in [2.75, 3.05) is 13.7 Å². The Morgan fingerprint density at radius 3 is 2.64 bits per heavy atom. The topological polar surface area (TPSA) is 124 Å². The van der Waals surface area contributed by atoms with Gasteiger partial charge in [0.15, 0.2) is 6.10 Å². The fourth-order valence-corrected chi connectivity index (χ4v) is 5.79. The second-order valence-electron chi connectivity index (χ2n) is 11.4. The van der Waals surface area contributed by atoms with Gasteiger partial charge in [0.1, 0.15) is 5.75 Å². The first-order valence-corrected chi connectivity index (χ1v) is 13.7. The summed E-state index contributed by atoms with van der Waals surface area (Å²) in [5.74, 6) is -0.00388. The standard InChI is InChI=1S/C33H31N3O6/c1-17-14-20-15-19(23-16-35-32(39)36-30(23)40-5)6-7-21(20)27(25(17)29(31(37)38)42-33(2,3)4)22-8-9-24-26-18(11-13-41-24)10-12-34-28(22)26/h6-10,12,14-16,29H,11,13H2,1-5H3,(H,37,38)(H,35,36,39)/t29-/m0/s1. The summed E-state index contributed by atoms with van der Waals surface area (Å²) < 4.78 is 17.6. The fourth-order valence-electron chi connectivity index (χ4n) is 5.79. The van der Waals surface area contributed by atoms with Crippen LogP contribution in [-0.4, -0.2) is 45.3 Å². The maximum Gasteiger partial charge on any atom is 0.347 e. The average Bonchev–Trinajstić information content (AvgIpc) is 2.95. The van der Waals surface area contributed by atoms with E-state index in [0.717, 1.165) is 61.7 Å². The molecule has 3 aromatic carbocycles. The van der Waals surface area contributed by atoms with Crippen LogP contribution in [0.5, 0.6) is 11.6 Å². The van der Waals surface area contributed by atoms with E-state index < -0.39 is 23.4 Å². The Labute approximate surface area is 242 Å². The van der Waals surface area contributed by atoms with Crippen molar-refractivity contribution in [2.24, 2.45) is 0 Å². The van der Waals surface area contributed by atoms with Gasteiger partial charge in [0.25, 0.3) is 0 Å². The predicted octanol–water partition coefficient (Wildman–Crippen LogP) is 6.00. The second-order valence-corrected chi connectivity index (χ2v) is 11.4. The van der Waals surface area contributed by atoms with Gasteiger partial charge in [0.2, 0.25) is 5.88 Å². The Bertz CT molecular complexity index is 1930. The van der Waals surface area contributed by atoms with Crippen molar-refractivity contribution in [3.05, 3.63) is 82.0 Å². The molecule has 2 N–H and O–H groups in total. The molecule has 0 saturated carbocycles. The molecule has 5 aromatic rings. The third-order valence-corrected chi connectivity index (χ3v) is 7.47. The molecule has 0 unspecified atom stereocenters. The van der Waals surface area contributed by atoms with Gasteiger partial charge in [-0.05, 0) is 85.0 Å². The fraction of sp³-hybridized carbons (Fsp3) is 0.273. The van der Waals surface area contributed by atoms with Gasteiger partial charge < -0.3 is 19.3 Å². The number of H-pyrrole nitrogens is 1. The molecule has 2 aromatic heterocycles. The molecule has 42 heavy (non-hydrogen) atoms. The van der Waals surface area contributed by atoms with E-state index in [-0.39, 0.29) is 0 Å². The Morgan fingerprint density at radius 1 is 1.10 bits per heavy atom. The molecule has 0 radical (unpaired) electrons. The molecule has 1 atom stereocenters. The number of aromatic nitrogens is 3. The van der Waals surface area contributed by atoms with E-state index in [4.69, 9.17) is 19.2 Å². The lowest BCUT2D eigenvalue weighted by molar-refractivity contribution is -0.160. The highest BCUT2D eigenvalue weighted by Crippen LogP contribution is 2.45. The van der Waals surface area contributed by atoms with Crippen molar-refractivity contribution in [1.82, 2.24) is 15.0 Å². The molecule has 0 bridgehead atoms. The van der Waals surface area contributed by atoms with Crippen molar-refractivity contribution >= 4 is 27.6 Å². The molecule has 1 aliphatic heterocycles. The van der Waals surface area contributed by atoms with E-state index in [2.05, 4.69) is 9.97 Å². The number of nitrogens with one attached hydrogen (secondary N) is 1. The minimum atomic E-state index is -1.23. The molecule has 9 heteroatoms. The Morgan fingerprint density at radius 2 is 1.90 bits per heavy atom. The lowest BCUT2D eigenvalue weighted by Gasteiger charge is -2.29. The SMILES string of the molecule is COc1[nH]c(=O)ncc1-c1ccc2c(-c3ccc4c5c(ccnc35)CCO4)c([C@H](OC(C)(C)C)C(=O)O)c(C)cc2c1. The molecular weight excluding hydrogens is 534 g/mol. The number of benzene rings is 3. The van der Waals surface area contributed by atoms with Gasteiger partial charge in [-0.2, -0.15) is 0 Å². The number of nitrogens with zero attached hydrogens (tertiary/aromatic N) is 2. The van der Waals surface area contributed by atoms with Gasteiger partial charge >= 0.3 is 11.7 Å². The summed E-state index contributed by atoms with van der Waals surface area (Å²) in [5.41, 5.74) is 4.94. The van der Waals surface area contributed by atoms with E-state index in [1.807, 2.05) is 70.2 Å². The predicted molar refractivity (Wildman–Crippen MR) is 160 cm³/mol. The summed E-state index contributed by atoms with van der Waals surface area (Å²) in [4.78, 5) is 35.9. The van der Waals surface area contributed by atoms with Crippen LogP contribution >= 0.6 is 0 Å². The Balaban J connectivity index is 1.69. The number of carboxylic acid groups (broad SMARTS) is 1. The molecule has 214 valence electrons.